The second-order valence-electron chi connectivity index (χ2n) is 5.45. The fourth-order valence-electron chi connectivity index (χ4n) is 1.71. The van der Waals surface area contributed by atoms with E-state index in [1.165, 1.54) is 49.8 Å². The van der Waals surface area contributed by atoms with Gasteiger partial charge in [0, 0.05) is 21.4 Å². The first kappa shape index (κ1) is 34.6. The smallest absolute Gasteiger partial charge is 0.416 e. The van der Waals surface area contributed by atoms with Crippen molar-refractivity contribution in [2.75, 3.05) is 26.7 Å². The van der Waals surface area contributed by atoms with Crippen LogP contribution in [-0.4, -0.2) is 42.2 Å². The van der Waals surface area contributed by atoms with E-state index in [-0.39, 0.29) is 19.5 Å². The molecule has 0 bridgehead atoms. The molecule has 0 aromatic rings. The zero-order valence-electron chi connectivity index (χ0n) is 15.5. The van der Waals surface area contributed by atoms with Gasteiger partial charge in [-0.15, -0.1) is 0 Å². The molecule has 0 spiro atoms. The van der Waals surface area contributed by atoms with Crippen molar-refractivity contribution in [2.24, 2.45) is 0 Å². The van der Waals surface area contributed by atoms with E-state index in [1.54, 1.807) is 0 Å². The van der Waals surface area contributed by atoms with E-state index in [1.807, 2.05) is 0 Å². The van der Waals surface area contributed by atoms with Gasteiger partial charge in [0.05, 0.1) is 26.7 Å². The third-order valence-corrected chi connectivity index (χ3v) is 3.96. The van der Waals surface area contributed by atoms with Crippen LogP contribution in [0.2, 0.25) is 0 Å². The van der Waals surface area contributed by atoms with Crippen molar-refractivity contribution in [3.05, 3.63) is 0 Å². The summed E-state index contributed by atoms with van der Waals surface area (Å²) in [5.74, 6) is 0. The summed E-state index contributed by atoms with van der Waals surface area (Å²) in [5.41, 5.74) is -10.2. The van der Waals surface area contributed by atoms with Crippen LogP contribution in [-0.2, 0) is 57.7 Å². The van der Waals surface area contributed by atoms with Crippen LogP contribution < -0.4 is 0 Å². The molecule has 27 heavy (non-hydrogen) atoms. The minimum absolute atomic E-state index is 0. The SMILES string of the molecule is CCCCC[N+](C)(CC)CCC.O=[S-](=O)C(F)(F)F.O=[S-](=O)C(F)(F)F.[Ru+3]. The zero-order valence-corrected chi connectivity index (χ0v) is 18.8. The Morgan fingerprint density at radius 3 is 1.22 bits per heavy atom. The minimum Gasteiger partial charge on any atom is -0.416 e. The quantitative estimate of drug-likeness (QED) is 0.155. The number of hydrogen-bond donors (Lipinski definition) is 0. The van der Waals surface area contributed by atoms with Crippen LogP contribution in [0.3, 0.4) is 0 Å². The maximum Gasteiger partial charge on any atom is 3.00 e. The first-order valence-electron chi connectivity index (χ1n) is 7.73. The van der Waals surface area contributed by atoms with Crippen LogP contribution in [0.25, 0.3) is 0 Å². The summed E-state index contributed by atoms with van der Waals surface area (Å²) >= 11 is 0. The largest absolute Gasteiger partial charge is 3.00 e. The molecule has 0 saturated carbocycles. The second-order valence-corrected chi connectivity index (χ2v) is 7.32. The van der Waals surface area contributed by atoms with E-state index in [4.69, 9.17) is 16.8 Å². The molecule has 0 aliphatic heterocycles. The standard InChI is InChI=1S/C11H26N.2CF3O2S.Ru/c1-5-8-9-11-12(4,7-3)10-6-2;2*2-1(3,4)7(5)6;/h5-11H2,1-4H3;;;/q+1;2*-1;+3. The predicted molar refractivity (Wildman–Crippen MR) is 85.9 cm³/mol. The van der Waals surface area contributed by atoms with Crippen molar-refractivity contribution >= 4 is 21.4 Å². The van der Waals surface area contributed by atoms with Gasteiger partial charge in [-0.1, -0.05) is 20.3 Å². The van der Waals surface area contributed by atoms with Gasteiger partial charge < -0.3 is 21.3 Å². The maximum absolute atomic E-state index is 10.6. The molecule has 0 amide bonds. The summed E-state index contributed by atoms with van der Waals surface area (Å²) in [6.07, 6.45) is 5.46. The second kappa shape index (κ2) is 17.0. The first-order valence-corrected chi connectivity index (χ1v) is 9.88. The van der Waals surface area contributed by atoms with Gasteiger partial charge in [-0.05, 0) is 26.2 Å². The van der Waals surface area contributed by atoms with Crippen molar-refractivity contribution in [3.8, 4) is 0 Å². The van der Waals surface area contributed by atoms with Gasteiger partial charge in [-0.25, -0.2) is 0 Å². The number of quaternary nitrogens is 1. The Morgan fingerprint density at radius 1 is 0.704 bits per heavy atom. The normalized spacial score (nSPS) is 13.6. The number of alkyl halides is 6. The number of rotatable bonds is 7. The van der Waals surface area contributed by atoms with Crippen molar-refractivity contribution in [1.29, 1.82) is 0 Å². The third kappa shape index (κ3) is 24.0. The van der Waals surface area contributed by atoms with Crippen molar-refractivity contribution < 1.29 is 67.1 Å². The van der Waals surface area contributed by atoms with E-state index in [0.717, 1.165) is 0 Å². The van der Waals surface area contributed by atoms with Crippen LogP contribution in [0.15, 0.2) is 0 Å². The summed E-state index contributed by atoms with van der Waals surface area (Å²) in [6.45, 7) is 10.9. The Balaban J connectivity index is -0.000000153. The van der Waals surface area contributed by atoms with Crippen molar-refractivity contribution in [3.63, 3.8) is 0 Å². The van der Waals surface area contributed by atoms with Crippen LogP contribution >= 0.6 is 0 Å². The Kier molecular flexibility index (Phi) is 21.7. The molecule has 5 nitrogen and oxygen atoms in total. The molecular weight excluding hydrogens is 513 g/mol. The van der Waals surface area contributed by atoms with E-state index < -0.39 is 32.4 Å². The van der Waals surface area contributed by atoms with E-state index >= 15 is 0 Å². The average Bonchev–Trinajstić information content (AvgIpc) is 2.47. The molecule has 0 aliphatic rings. The Hall–Kier alpha value is 0.0634. The summed E-state index contributed by atoms with van der Waals surface area (Å²) in [7, 11) is -5.48. The molecule has 1 unspecified atom stereocenters. The van der Waals surface area contributed by atoms with Gasteiger partial charge >= 0.3 is 30.5 Å². The van der Waals surface area contributed by atoms with Crippen molar-refractivity contribution in [1.82, 2.24) is 0 Å². The average molecular weight is 540 g/mol. The van der Waals surface area contributed by atoms with E-state index in [0.29, 0.717) is 0 Å². The van der Waals surface area contributed by atoms with Gasteiger partial charge in [-0.2, -0.15) is 26.3 Å². The third-order valence-electron chi connectivity index (χ3n) is 3.21. The molecule has 0 saturated heterocycles. The molecule has 0 heterocycles. The monoisotopic (exact) mass is 540 g/mol. The molecule has 0 N–H and O–H groups in total. The van der Waals surface area contributed by atoms with Crippen LogP contribution in [0, 0.1) is 0 Å². The number of hydrogen-bond acceptors (Lipinski definition) is 6. The molecule has 14 heteroatoms. The molecule has 167 valence electrons. The van der Waals surface area contributed by atoms with Crippen LogP contribution in [0.4, 0.5) is 26.3 Å². The van der Waals surface area contributed by atoms with Gasteiger partial charge in [0.2, 0.25) is 0 Å². The predicted octanol–water partition coefficient (Wildman–Crippen LogP) is 4.68. The van der Waals surface area contributed by atoms with Crippen LogP contribution in [0.1, 0.15) is 46.5 Å². The Morgan fingerprint density at radius 2 is 1.04 bits per heavy atom. The number of halogens is 6. The van der Waals surface area contributed by atoms with Crippen LogP contribution in [0.5, 0.6) is 0 Å². The summed E-state index contributed by atoms with van der Waals surface area (Å²) in [4.78, 5) is 0. The van der Waals surface area contributed by atoms with Crippen molar-refractivity contribution in [2.45, 2.75) is 57.5 Å². The summed E-state index contributed by atoms with van der Waals surface area (Å²) in [6, 6.07) is 0. The molecule has 0 aromatic heterocycles. The molecule has 0 fully saturated rings. The summed E-state index contributed by atoms with van der Waals surface area (Å²) in [5, 5.41) is 0. The molecule has 0 aromatic carbocycles. The fourth-order valence-corrected chi connectivity index (χ4v) is 1.71. The van der Waals surface area contributed by atoms with E-state index in [2.05, 4.69) is 27.8 Å². The van der Waals surface area contributed by atoms with E-state index in [9.17, 15) is 26.3 Å². The van der Waals surface area contributed by atoms with Gasteiger partial charge in [-0.3, -0.25) is 0 Å². The molecule has 0 rings (SSSR count). The van der Waals surface area contributed by atoms with Gasteiger partial charge in [0.15, 0.2) is 0 Å². The molecular formula is C13H26F6NO4RuS2+2. The first-order chi connectivity index (χ1) is 11.6. The molecule has 1 radical (unpaired) electrons. The number of unbranched alkanes of at least 4 members (excludes halogenated alkanes) is 2. The topological polar surface area (TPSA) is 68.3 Å². The van der Waals surface area contributed by atoms with Gasteiger partial charge in [0.25, 0.3) is 0 Å². The molecule has 0 aliphatic carbocycles. The molecule has 1 atom stereocenters. The number of nitrogens with zero attached hydrogens (tertiary/aromatic N) is 1. The minimum atomic E-state index is -5.08. The summed E-state index contributed by atoms with van der Waals surface area (Å²) < 4.78 is 100. The Labute approximate surface area is 172 Å². The Bertz CT molecular complexity index is 462. The fraction of sp³-hybridized carbons (Fsp3) is 1.00. The van der Waals surface area contributed by atoms with Gasteiger partial charge in [0.1, 0.15) is 0 Å². The zero-order chi connectivity index (χ0) is 21.6. The maximum atomic E-state index is 10.6.